The van der Waals surface area contributed by atoms with E-state index in [4.69, 9.17) is 9.47 Å². The molecule has 0 bridgehead atoms. The number of benzene rings is 2. The molecule has 1 saturated heterocycles. The van der Waals surface area contributed by atoms with E-state index in [1.165, 1.54) is 5.56 Å². The van der Waals surface area contributed by atoms with E-state index in [-0.39, 0.29) is 11.9 Å². The number of carbonyl (C=O) groups excluding carboxylic acids is 1. The fourth-order valence-corrected chi connectivity index (χ4v) is 3.44. The van der Waals surface area contributed by atoms with Gasteiger partial charge < -0.3 is 14.8 Å². The molecule has 2 aromatic rings. The molecule has 0 saturated carbocycles. The summed E-state index contributed by atoms with van der Waals surface area (Å²) < 4.78 is 10.9. The Balaban J connectivity index is 1.44. The van der Waals surface area contributed by atoms with Gasteiger partial charge in [-0.2, -0.15) is 0 Å². The van der Waals surface area contributed by atoms with Gasteiger partial charge in [0.1, 0.15) is 12.4 Å². The van der Waals surface area contributed by atoms with Gasteiger partial charge in [0.05, 0.1) is 6.61 Å². The molecule has 5 heteroatoms. The second-order valence-corrected chi connectivity index (χ2v) is 7.08. The topological polar surface area (TPSA) is 50.8 Å². The van der Waals surface area contributed by atoms with Crippen LogP contribution in [0.25, 0.3) is 0 Å². The number of nitrogens with zero attached hydrogens (tertiary/aromatic N) is 1. The van der Waals surface area contributed by atoms with Crippen molar-refractivity contribution >= 4 is 5.91 Å². The number of amides is 1. The Morgan fingerprint density at radius 3 is 2.61 bits per heavy atom. The van der Waals surface area contributed by atoms with Gasteiger partial charge in [-0.25, -0.2) is 0 Å². The number of likely N-dealkylation sites (tertiary alicyclic amines) is 1. The molecule has 1 aliphatic rings. The molecule has 0 atom stereocenters. The number of ether oxygens (including phenoxy) is 2. The molecule has 2 aromatic carbocycles. The quantitative estimate of drug-likeness (QED) is 0.675. The van der Waals surface area contributed by atoms with Crippen LogP contribution in [-0.2, 0) is 11.3 Å². The second kappa shape index (κ2) is 10.8. The number of carbonyl (C=O) groups is 1. The smallest absolute Gasteiger partial charge is 0.251 e. The molecule has 0 radical (unpaired) electrons. The number of nitrogens with one attached hydrogen (secondary N) is 1. The molecular formula is C23H30N2O3. The first-order valence-corrected chi connectivity index (χ1v) is 10.1. The minimum atomic E-state index is -0.0308. The van der Waals surface area contributed by atoms with Gasteiger partial charge in [-0.15, -0.1) is 0 Å². The van der Waals surface area contributed by atoms with E-state index < -0.39 is 0 Å². The van der Waals surface area contributed by atoms with Gasteiger partial charge in [-0.3, -0.25) is 9.69 Å². The summed E-state index contributed by atoms with van der Waals surface area (Å²) in [7, 11) is 0. The molecule has 1 heterocycles. The highest BCUT2D eigenvalue weighted by Crippen LogP contribution is 2.16. The van der Waals surface area contributed by atoms with Gasteiger partial charge in [-0.05, 0) is 43.5 Å². The molecule has 0 unspecified atom stereocenters. The summed E-state index contributed by atoms with van der Waals surface area (Å²) in [4.78, 5) is 15.1. The van der Waals surface area contributed by atoms with E-state index in [9.17, 15) is 4.79 Å². The zero-order chi connectivity index (χ0) is 19.6. The number of rotatable bonds is 9. The van der Waals surface area contributed by atoms with Crippen LogP contribution in [0.15, 0.2) is 54.6 Å². The van der Waals surface area contributed by atoms with Crippen LogP contribution in [0, 0.1) is 0 Å². The second-order valence-electron chi connectivity index (χ2n) is 7.08. The molecule has 1 amide bonds. The maximum absolute atomic E-state index is 12.6. The van der Waals surface area contributed by atoms with Crippen molar-refractivity contribution in [3.05, 3.63) is 65.7 Å². The number of hydrogen-bond donors (Lipinski definition) is 1. The summed E-state index contributed by atoms with van der Waals surface area (Å²) in [6.07, 6.45) is 1.95. The Morgan fingerprint density at radius 2 is 1.86 bits per heavy atom. The van der Waals surface area contributed by atoms with Gasteiger partial charge in [-0.1, -0.05) is 36.4 Å². The zero-order valence-corrected chi connectivity index (χ0v) is 16.6. The lowest BCUT2D eigenvalue weighted by Crippen LogP contribution is -2.44. The highest BCUT2D eigenvalue weighted by atomic mass is 16.5. The molecule has 5 nitrogen and oxygen atoms in total. The van der Waals surface area contributed by atoms with Crippen molar-refractivity contribution in [3.63, 3.8) is 0 Å². The van der Waals surface area contributed by atoms with Crippen LogP contribution >= 0.6 is 0 Å². The Morgan fingerprint density at radius 1 is 1.07 bits per heavy atom. The molecule has 3 rings (SSSR count). The Bertz CT molecular complexity index is 728. The van der Waals surface area contributed by atoms with Crippen molar-refractivity contribution in [1.82, 2.24) is 10.2 Å². The fraction of sp³-hybridized carbons (Fsp3) is 0.435. The molecule has 0 aromatic heterocycles. The summed E-state index contributed by atoms with van der Waals surface area (Å²) in [6.45, 7) is 6.64. The predicted octanol–water partition coefficient (Wildman–Crippen LogP) is 3.50. The third-order valence-electron chi connectivity index (χ3n) is 4.97. The predicted molar refractivity (Wildman–Crippen MR) is 111 cm³/mol. The SMILES string of the molecule is CCOCCOc1cccc(C(=O)NC2CCN(Cc3ccccc3)CC2)c1. The van der Waals surface area contributed by atoms with Crippen LogP contribution in [0.4, 0.5) is 0 Å². The van der Waals surface area contributed by atoms with Crippen molar-refractivity contribution in [2.45, 2.75) is 32.4 Å². The Hall–Kier alpha value is -2.37. The van der Waals surface area contributed by atoms with Gasteiger partial charge in [0.2, 0.25) is 0 Å². The van der Waals surface area contributed by atoms with E-state index in [1.54, 1.807) is 6.07 Å². The standard InChI is InChI=1S/C23H30N2O3/c1-2-27-15-16-28-22-10-6-9-20(17-22)23(26)24-21-11-13-25(14-12-21)18-19-7-4-3-5-8-19/h3-10,17,21H,2,11-16,18H2,1H3,(H,24,26). The summed E-state index contributed by atoms with van der Waals surface area (Å²) in [5, 5.41) is 3.18. The minimum absolute atomic E-state index is 0.0308. The first-order chi connectivity index (χ1) is 13.7. The summed E-state index contributed by atoms with van der Waals surface area (Å²) >= 11 is 0. The normalized spacial score (nSPS) is 15.3. The molecule has 0 aliphatic carbocycles. The van der Waals surface area contributed by atoms with Crippen molar-refractivity contribution in [2.24, 2.45) is 0 Å². The van der Waals surface area contributed by atoms with Crippen molar-refractivity contribution in [3.8, 4) is 5.75 Å². The first-order valence-electron chi connectivity index (χ1n) is 10.1. The minimum Gasteiger partial charge on any atom is -0.491 e. The van der Waals surface area contributed by atoms with Gasteiger partial charge >= 0.3 is 0 Å². The lowest BCUT2D eigenvalue weighted by Gasteiger charge is -2.32. The molecular weight excluding hydrogens is 352 g/mol. The lowest BCUT2D eigenvalue weighted by molar-refractivity contribution is 0.0908. The summed E-state index contributed by atoms with van der Waals surface area (Å²) in [6, 6.07) is 18.1. The van der Waals surface area contributed by atoms with Crippen LogP contribution in [-0.4, -0.2) is 49.8 Å². The van der Waals surface area contributed by atoms with Crippen LogP contribution in [0.5, 0.6) is 5.75 Å². The van der Waals surface area contributed by atoms with Gasteiger partial charge in [0.25, 0.3) is 5.91 Å². The summed E-state index contributed by atoms with van der Waals surface area (Å²) in [5.74, 6) is 0.668. The first kappa shape index (κ1) is 20.4. The average molecular weight is 383 g/mol. The van der Waals surface area contributed by atoms with E-state index >= 15 is 0 Å². The molecule has 1 aliphatic heterocycles. The number of hydrogen-bond acceptors (Lipinski definition) is 4. The van der Waals surface area contributed by atoms with Crippen LogP contribution in [0.2, 0.25) is 0 Å². The van der Waals surface area contributed by atoms with Crippen molar-refractivity contribution in [1.29, 1.82) is 0 Å². The van der Waals surface area contributed by atoms with Crippen LogP contribution in [0.1, 0.15) is 35.7 Å². The molecule has 150 valence electrons. The fourth-order valence-electron chi connectivity index (χ4n) is 3.44. The molecule has 28 heavy (non-hydrogen) atoms. The highest BCUT2D eigenvalue weighted by molar-refractivity contribution is 5.94. The third-order valence-corrected chi connectivity index (χ3v) is 4.97. The maximum atomic E-state index is 12.6. The van der Waals surface area contributed by atoms with Crippen LogP contribution < -0.4 is 10.1 Å². The lowest BCUT2D eigenvalue weighted by atomic mass is 10.0. The largest absolute Gasteiger partial charge is 0.491 e. The summed E-state index contributed by atoms with van der Waals surface area (Å²) in [5.41, 5.74) is 1.98. The average Bonchev–Trinajstić information content (AvgIpc) is 2.74. The Kier molecular flexibility index (Phi) is 7.88. The number of piperidine rings is 1. The monoisotopic (exact) mass is 382 g/mol. The van der Waals surface area contributed by atoms with Crippen LogP contribution in [0.3, 0.4) is 0 Å². The van der Waals surface area contributed by atoms with E-state index in [2.05, 4.69) is 34.5 Å². The van der Waals surface area contributed by atoms with E-state index in [0.717, 1.165) is 32.5 Å². The molecule has 1 N–H and O–H groups in total. The zero-order valence-electron chi connectivity index (χ0n) is 16.6. The third kappa shape index (κ3) is 6.36. The Labute approximate surface area is 167 Å². The van der Waals surface area contributed by atoms with E-state index in [1.807, 2.05) is 31.2 Å². The van der Waals surface area contributed by atoms with E-state index in [0.29, 0.717) is 31.1 Å². The van der Waals surface area contributed by atoms with Crippen molar-refractivity contribution < 1.29 is 14.3 Å². The molecule has 1 fully saturated rings. The molecule has 0 spiro atoms. The van der Waals surface area contributed by atoms with Gasteiger partial charge in [0.15, 0.2) is 0 Å². The highest BCUT2D eigenvalue weighted by Gasteiger charge is 2.21. The van der Waals surface area contributed by atoms with Crippen molar-refractivity contribution in [2.75, 3.05) is 32.9 Å². The maximum Gasteiger partial charge on any atom is 0.251 e. The van der Waals surface area contributed by atoms with Gasteiger partial charge in [0, 0.05) is 37.8 Å².